The summed E-state index contributed by atoms with van der Waals surface area (Å²) in [6.07, 6.45) is 4.87. The van der Waals surface area contributed by atoms with Gasteiger partial charge in [0.25, 0.3) is 0 Å². The van der Waals surface area contributed by atoms with Crippen molar-refractivity contribution in [3.05, 3.63) is 29.8 Å². The fourth-order valence-electron chi connectivity index (χ4n) is 1.80. The van der Waals surface area contributed by atoms with Crippen molar-refractivity contribution in [1.82, 2.24) is 0 Å². The van der Waals surface area contributed by atoms with Gasteiger partial charge in [-0.25, -0.2) is 5.11 Å². The van der Waals surface area contributed by atoms with Crippen molar-refractivity contribution in [1.29, 1.82) is 0 Å². The van der Waals surface area contributed by atoms with Crippen molar-refractivity contribution in [3.8, 4) is 5.75 Å². The van der Waals surface area contributed by atoms with Gasteiger partial charge in [0.1, 0.15) is 5.75 Å². The number of rotatable bonds is 8. The Morgan fingerprint density at radius 3 is 2.28 bits per heavy atom. The molecule has 0 unspecified atom stereocenters. The molecule has 0 saturated heterocycles. The van der Waals surface area contributed by atoms with E-state index in [-0.39, 0.29) is 12.0 Å². The van der Waals surface area contributed by atoms with Gasteiger partial charge >= 0.3 is 0 Å². The largest absolute Gasteiger partial charge is 0.494 e. The second-order valence-electron chi connectivity index (χ2n) is 5.46. The van der Waals surface area contributed by atoms with E-state index in [1.54, 1.807) is 0 Å². The molecule has 1 aromatic rings. The summed E-state index contributed by atoms with van der Waals surface area (Å²) in [6, 6.07) is 7.93. The van der Waals surface area contributed by atoms with Gasteiger partial charge in [0.2, 0.25) is 0 Å². The summed E-state index contributed by atoms with van der Waals surface area (Å²) in [5.41, 5.74) is 0.787. The van der Waals surface area contributed by atoms with E-state index < -0.39 is 0 Å². The maximum absolute atomic E-state index is 11.1. The van der Waals surface area contributed by atoms with Crippen LogP contribution in [0.3, 0.4) is 0 Å². The van der Waals surface area contributed by atoms with Crippen LogP contribution >= 0.6 is 0 Å². The summed E-state index contributed by atoms with van der Waals surface area (Å²) in [4.78, 5) is 0. The minimum Gasteiger partial charge on any atom is -0.494 e. The topological polar surface area (TPSA) is 29.1 Å². The first kappa shape index (κ1) is 15.0. The first-order valence-corrected chi connectivity index (χ1v) is 6.91. The minimum absolute atomic E-state index is 0.0930. The molecule has 0 saturated carbocycles. The first-order valence-electron chi connectivity index (χ1n) is 6.91. The van der Waals surface area contributed by atoms with E-state index in [0.29, 0.717) is 0 Å². The fourth-order valence-corrected chi connectivity index (χ4v) is 1.80. The lowest BCUT2D eigenvalue weighted by atomic mass is 9.86. The average Bonchev–Trinajstić information content (AvgIpc) is 2.39. The van der Waals surface area contributed by atoms with Gasteiger partial charge in [-0.05, 0) is 24.1 Å². The van der Waals surface area contributed by atoms with Gasteiger partial charge in [0, 0.05) is 5.41 Å². The van der Waals surface area contributed by atoms with Crippen molar-refractivity contribution in [2.24, 2.45) is 0 Å². The molecular weight excluding hydrogens is 224 g/mol. The SMILES string of the molecule is CCCCCCOc1ccc(C(C)(C)C[O])cc1. The molecule has 0 aliphatic carbocycles. The van der Waals surface area contributed by atoms with Gasteiger partial charge in [-0.1, -0.05) is 52.2 Å². The Kier molecular flexibility index (Phi) is 6.20. The van der Waals surface area contributed by atoms with E-state index in [1.165, 1.54) is 19.3 Å². The van der Waals surface area contributed by atoms with Gasteiger partial charge in [-0.2, -0.15) is 0 Å². The zero-order chi connectivity index (χ0) is 13.4. The van der Waals surface area contributed by atoms with Crippen LogP contribution in [0.2, 0.25) is 0 Å². The summed E-state index contributed by atoms with van der Waals surface area (Å²) in [6.45, 7) is 6.84. The standard InChI is InChI=1S/C16H25O2/c1-4-5-6-7-12-18-15-10-8-14(9-11-15)16(2,3)13-17/h8-11H,4-7,12-13H2,1-3H3. The molecule has 2 heteroatoms. The fraction of sp³-hybridized carbons (Fsp3) is 0.625. The summed E-state index contributed by atoms with van der Waals surface area (Å²) >= 11 is 0. The van der Waals surface area contributed by atoms with Crippen molar-refractivity contribution in [2.75, 3.05) is 13.2 Å². The molecule has 0 heterocycles. The Morgan fingerprint density at radius 2 is 1.72 bits per heavy atom. The Bertz CT molecular complexity index is 327. The van der Waals surface area contributed by atoms with Gasteiger partial charge < -0.3 is 4.74 Å². The summed E-state index contributed by atoms with van der Waals surface area (Å²) in [5, 5.41) is 11.1. The first-order chi connectivity index (χ1) is 8.60. The Morgan fingerprint density at radius 1 is 1.06 bits per heavy atom. The quantitative estimate of drug-likeness (QED) is 0.629. The van der Waals surface area contributed by atoms with E-state index in [0.717, 1.165) is 24.3 Å². The van der Waals surface area contributed by atoms with Gasteiger partial charge in [-0.3, -0.25) is 0 Å². The highest BCUT2D eigenvalue weighted by Gasteiger charge is 2.19. The van der Waals surface area contributed by atoms with Crippen molar-refractivity contribution < 1.29 is 9.84 Å². The normalized spacial score (nSPS) is 11.6. The maximum atomic E-state index is 11.1. The van der Waals surface area contributed by atoms with E-state index in [4.69, 9.17) is 4.74 Å². The predicted molar refractivity (Wildman–Crippen MR) is 74.7 cm³/mol. The van der Waals surface area contributed by atoms with Crippen molar-refractivity contribution in [3.63, 3.8) is 0 Å². The van der Waals surface area contributed by atoms with Gasteiger partial charge in [-0.15, -0.1) is 0 Å². The Balaban J connectivity index is 2.41. The van der Waals surface area contributed by atoms with Crippen LogP contribution in [-0.2, 0) is 10.5 Å². The van der Waals surface area contributed by atoms with Gasteiger partial charge in [0.05, 0.1) is 13.2 Å². The maximum Gasteiger partial charge on any atom is 0.119 e. The highest BCUT2D eigenvalue weighted by Crippen LogP contribution is 2.24. The van der Waals surface area contributed by atoms with Gasteiger partial charge in [0.15, 0.2) is 0 Å². The smallest absolute Gasteiger partial charge is 0.119 e. The third-order valence-corrected chi connectivity index (χ3v) is 3.26. The minimum atomic E-state index is -0.292. The molecule has 0 bridgehead atoms. The van der Waals surface area contributed by atoms with Crippen molar-refractivity contribution >= 4 is 0 Å². The van der Waals surface area contributed by atoms with Crippen LogP contribution in [0.15, 0.2) is 24.3 Å². The molecule has 0 amide bonds. The molecule has 0 N–H and O–H groups in total. The molecule has 0 aliphatic heterocycles. The van der Waals surface area contributed by atoms with Crippen LogP contribution in [0.25, 0.3) is 0 Å². The molecule has 1 rings (SSSR count). The third kappa shape index (κ3) is 4.69. The summed E-state index contributed by atoms with van der Waals surface area (Å²) < 4.78 is 5.68. The number of unbranched alkanes of at least 4 members (excludes halogenated alkanes) is 3. The number of hydrogen-bond donors (Lipinski definition) is 0. The lowest BCUT2D eigenvalue weighted by Crippen LogP contribution is -2.20. The Hall–Kier alpha value is -1.02. The van der Waals surface area contributed by atoms with Crippen LogP contribution in [0, 0.1) is 0 Å². The lowest BCUT2D eigenvalue weighted by molar-refractivity contribution is 0.137. The highest BCUT2D eigenvalue weighted by molar-refractivity contribution is 5.31. The van der Waals surface area contributed by atoms with Crippen LogP contribution < -0.4 is 4.74 Å². The van der Waals surface area contributed by atoms with E-state index >= 15 is 0 Å². The molecule has 101 valence electrons. The zero-order valence-corrected chi connectivity index (χ0v) is 11.9. The van der Waals surface area contributed by atoms with Crippen LogP contribution in [0.1, 0.15) is 52.0 Å². The number of benzene rings is 1. The molecule has 0 atom stereocenters. The molecule has 1 radical (unpaired) electrons. The molecule has 0 spiro atoms. The Labute approximate surface area is 111 Å². The molecule has 18 heavy (non-hydrogen) atoms. The molecule has 0 fully saturated rings. The second-order valence-corrected chi connectivity index (χ2v) is 5.46. The van der Waals surface area contributed by atoms with Crippen LogP contribution in [0.5, 0.6) is 5.75 Å². The highest BCUT2D eigenvalue weighted by atomic mass is 16.5. The number of hydrogen-bond acceptors (Lipinski definition) is 1. The van der Waals surface area contributed by atoms with Crippen LogP contribution in [-0.4, -0.2) is 13.2 Å². The third-order valence-electron chi connectivity index (χ3n) is 3.26. The van der Waals surface area contributed by atoms with Crippen molar-refractivity contribution in [2.45, 2.75) is 51.9 Å². The van der Waals surface area contributed by atoms with Crippen LogP contribution in [0.4, 0.5) is 0 Å². The monoisotopic (exact) mass is 249 g/mol. The van der Waals surface area contributed by atoms with E-state index in [2.05, 4.69) is 6.92 Å². The molecule has 1 aromatic carbocycles. The predicted octanol–water partition coefficient (Wildman–Crippen LogP) is 4.35. The zero-order valence-electron chi connectivity index (χ0n) is 11.9. The van der Waals surface area contributed by atoms with E-state index in [1.807, 2.05) is 38.1 Å². The molecular formula is C16H25O2. The molecule has 0 aromatic heterocycles. The number of ether oxygens (including phenoxy) is 1. The second kappa shape index (κ2) is 7.42. The van der Waals surface area contributed by atoms with E-state index in [9.17, 15) is 5.11 Å². The average molecular weight is 249 g/mol. The lowest BCUT2D eigenvalue weighted by Gasteiger charge is -2.21. The molecule has 2 nitrogen and oxygen atoms in total. The summed E-state index contributed by atoms with van der Waals surface area (Å²) in [7, 11) is 0. The molecule has 0 aliphatic rings. The summed E-state index contributed by atoms with van der Waals surface area (Å²) in [5.74, 6) is 0.900.